The predicted octanol–water partition coefficient (Wildman–Crippen LogP) is 1.14. The molecule has 1 saturated carbocycles. The molecule has 7 heavy (non-hydrogen) atoms. The maximum absolute atomic E-state index is 11.6. The molecule has 1 aliphatic carbocycles. The summed E-state index contributed by atoms with van der Waals surface area (Å²) in [7, 11) is 0. The molecule has 0 amide bonds. The Balaban J connectivity index is 2.30. The zero-order valence-electron chi connectivity index (χ0n) is 3.42. The van der Waals surface area contributed by atoms with Gasteiger partial charge < -0.3 is 0 Å². The van der Waals surface area contributed by atoms with Crippen LogP contribution in [-0.4, -0.2) is 12.0 Å². The van der Waals surface area contributed by atoms with Crippen molar-refractivity contribution in [2.24, 2.45) is 0 Å². The molecule has 0 bridgehead atoms. The summed E-state index contributed by atoms with van der Waals surface area (Å²) >= 11 is 4.85. The van der Waals surface area contributed by atoms with Crippen molar-refractivity contribution in [3.8, 4) is 0 Å². The van der Waals surface area contributed by atoms with Gasteiger partial charge in [-0.2, -0.15) is 0 Å². The van der Waals surface area contributed by atoms with Gasteiger partial charge in [-0.1, -0.05) is 0 Å². The van der Waals surface area contributed by atoms with Gasteiger partial charge in [-0.05, 0) is 11.8 Å². The molecular weight excluding hydrogens is 123 g/mol. The van der Waals surface area contributed by atoms with Gasteiger partial charge in [0.15, 0.2) is 0 Å². The molecule has 0 aromatic heterocycles. The normalized spacial score (nSPS) is 35.6. The summed E-state index contributed by atoms with van der Waals surface area (Å²) in [5, 5.41) is 0. The monoisotopic (exact) mass is 127 g/mol. The number of hydrogen-bond donors (Lipinski definition) is 1. The average molecular weight is 128 g/mol. The van der Waals surface area contributed by atoms with Gasteiger partial charge in [-0.15, -0.1) is 0 Å². The van der Waals surface area contributed by atoms with Crippen LogP contribution in [0, 0.1) is 0 Å². The van der Waals surface area contributed by atoms with Gasteiger partial charge in [0, 0.05) is 6.42 Å². The summed E-state index contributed by atoms with van der Waals surface area (Å²) in [6, 6.07) is -0.769. The van der Waals surface area contributed by atoms with Crippen LogP contribution in [0.4, 0.5) is 8.78 Å². The highest BCUT2D eigenvalue weighted by atomic mass is 35.5. The Morgan fingerprint density at radius 1 is 1.71 bits per heavy atom. The molecule has 0 aromatic carbocycles. The molecule has 1 fully saturated rings. The minimum atomic E-state index is -2.53. The van der Waals surface area contributed by atoms with E-state index in [2.05, 4.69) is 0 Å². The van der Waals surface area contributed by atoms with Gasteiger partial charge in [0.05, 0.1) is 6.04 Å². The van der Waals surface area contributed by atoms with E-state index in [0.717, 1.165) is 0 Å². The van der Waals surface area contributed by atoms with Gasteiger partial charge in [0.25, 0.3) is 5.92 Å². The summed E-state index contributed by atoms with van der Waals surface area (Å²) in [4.78, 5) is 1.95. The third-order valence-electron chi connectivity index (χ3n) is 0.958. The summed E-state index contributed by atoms with van der Waals surface area (Å²) in [6.07, 6.45) is -0.115. The van der Waals surface area contributed by atoms with Gasteiger partial charge >= 0.3 is 0 Å². The molecule has 0 aromatic rings. The van der Waals surface area contributed by atoms with Crippen LogP contribution < -0.4 is 4.84 Å². The minimum absolute atomic E-state index is 0.115. The lowest BCUT2D eigenvalue weighted by Crippen LogP contribution is -2.10. The standard InChI is InChI=1S/C3H4ClF2N/c4-7-2-1-3(2,5)6/h2,7H,1H2. The van der Waals surface area contributed by atoms with Crippen LogP contribution in [0.2, 0.25) is 0 Å². The van der Waals surface area contributed by atoms with Crippen LogP contribution in [0.3, 0.4) is 0 Å². The zero-order valence-corrected chi connectivity index (χ0v) is 4.17. The van der Waals surface area contributed by atoms with Crippen molar-refractivity contribution in [2.75, 3.05) is 0 Å². The Hall–Kier alpha value is 0.110. The fourth-order valence-electron chi connectivity index (χ4n) is 0.332. The average Bonchev–Trinajstić information content (AvgIpc) is 2.13. The molecule has 1 atom stereocenters. The van der Waals surface area contributed by atoms with Gasteiger partial charge in [0.1, 0.15) is 0 Å². The molecule has 1 unspecified atom stereocenters. The summed E-state index contributed by atoms with van der Waals surface area (Å²) in [5.74, 6) is -2.53. The molecule has 42 valence electrons. The molecule has 1 aliphatic rings. The Labute approximate surface area is 44.8 Å². The topological polar surface area (TPSA) is 12.0 Å². The van der Waals surface area contributed by atoms with Crippen molar-refractivity contribution in [1.29, 1.82) is 0 Å². The number of alkyl halides is 2. The number of hydrogen-bond acceptors (Lipinski definition) is 1. The molecule has 0 saturated heterocycles. The van der Waals surface area contributed by atoms with E-state index in [9.17, 15) is 8.78 Å². The SMILES string of the molecule is FC1(F)CC1NCl. The Kier molecular flexibility index (Phi) is 0.970. The quantitative estimate of drug-likeness (QED) is 0.521. The lowest BCUT2D eigenvalue weighted by Gasteiger charge is -1.87. The van der Waals surface area contributed by atoms with E-state index in [-0.39, 0.29) is 6.42 Å². The van der Waals surface area contributed by atoms with Crippen LogP contribution in [0.15, 0.2) is 0 Å². The van der Waals surface area contributed by atoms with Crippen LogP contribution in [0.5, 0.6) is 0 Å². The predicted molar refractivity (Wildman–Crippen MR) is 22.3 cm³/mol. The minimum Gasteiger partial charge on any atom is -0.224 e. The first-order chi connectivity index (χ1) is 3.17. The molecule has 0 heterocycles. The van der Waals surface area contributed by atoms with E-state index in [0.29, 0.717) is 0 Å². The summed E-state index contributed by atoms with van der Waals surface area (Å²) in [5.41, 5.74) is 0. The molecule has 0 radical (unpaired) electrons. The molecule has 4 heteroatoms. The second-order valence-corrected chi connectivity index (χ2v) is 1.85. The van der Waals surface area contributed by atoms with Crippen molar-refractivity contribution in [1.82, 2.24) is 4.84 Å². The molecule has 0 aliphatic heterocycles. The van der Waals surface area contributed by atoms with E-state index in [1.807, 2.05) is 4.84 Å². The Morgan fingerprint density at radius 3 is 2.14 bits per heavy atom. The van der Waals surface area contributed by atoms with Crippen molar-refractivity contribution in [3.63, 3.8) is 0 Å². The molecular formula is C3H4ClF2N. The lowest BCUT2D eigenvalue weighted by atomic mass is 10.7. The van der Waals surface area contributed by atoms with Crippen molar-refractivity contribution >= 4 is 11.8 Å². The third kappa shape index (κ3) is 0.836. The largest absolute Gasteiger partial charge is 0.266 e. The second-order valence-electron chi connectivity index (χ2n) is 1.63. The van der Waals surface area contributed by atoms with E-state index >= 15 is 0 Å². The fourth-order valence-corrected chi connectivity index (χ4v) is 0.568. The first-order valence-corrected chi connectivity index (χ1v) is 2.28. The first-order valence-electron chi connectivity index (χ1n) is 1.91. The molecule has 1 rings (SSSR count). The number of nitrogens with one attached hydrogen (secondary N) is 1. The van der Waals surface area contributed by atoms with Gasteiger partial charge in [-0.25, -0.2) is 13.6 Å². The summed E-state index contributed by atoms with van der Waals surface area (Å²) < 4.78 is 23.3. The van der Waals surface area contributed by atoms with Crippen molar-refractivity contribution in [2.45, 2.75) is 18.4 Å². The Bertz CT molecular complexity index is 85.0. The molecule has 1 nitrogen and oxygen atoms in total. The van der Waals surface area contributed by atoms with Crippen LogP contribution in [0.1, 0.15) is 6.42 Å². The van der Waals surface area contributed by atoms with E-state index < -0.39 is 12.0 Å². The fraction of sp³-hybridized carbons (Fsp3) is 1.00. The van der Waals surface area contributed by atoms with Crippen molar-refractivity contribution in [3.05, 3.63) is 0 Å². The van der Waals surface area contributed by atoms with Crippen LogP contribution in [0.25, 0.3) is 0 Å². The molecule has 1 N–H and O–H groups in total. The zero-order chi connectivity index (χ0) is 5.49. The highest BCUT2D eigenvalue weighted by molar-refractivity contribution is 6.13. The van der Waals surface area contributed by atoms with Crippen molar-refractivity contribution < 1.29 is 8.78 Å². The highest BCUT2D eigenvalue weighted by Gasteiger charge is 2.56. The van der Waals surface area contributed by atoms with Gasteiger partial charge in [0.2, 0.25) is 0 Å². The smallest absolute Gasteiger partial charge is 0.224 e. The van der Waals surface area contributed by atoms with E-state index in [1.54, 1.807) is 0 Å². The Morgan fingerprint density at radius 2 is 2.14 bits per heavy atom. The van der Waals surface area contributed by atoms with Crippen LogP contribution >= 0.6 is 11.8 Å². The third-order valence-corrected chi connectivity index (χ3v) is 1.22. The number of halogens is 3. The van der Waals surface area contributed by atoms with Crippen LogP contribution in [-0.2, 0) is 0 Å². The maximum atomic E-state index is 11.6. The highest BCUT2D eigenvalue weighted by Crippen LogP contribution is 2.41. The number of rotatable bonds is 1. The van der Waals surface area contributed by atoms with E-state index in [1.165, 1.54) is 0 Å². The lowest BCUT2D eigenvalue weighted by molar-refractivity contribution is 0.110. The second kappa shape index (κ2) is 1.29. The first kappa shape index (κ1) is 5.25. The molecule has 0 spiro atoms. The van der Waals surface area contributed by atoms with Gasteiger partial charge in [-0.3, -0.25) is 0 Å². The summed E-state index contributed by atoms with van der Waals surface area (Å²) in [6.45, 7) is 0. The maximum Gasteiger partial charge on any atom is 0.266 e. The van der Waals surface area contributed by atoms with E-state index in [4.69, 9.17) is 11.8 Å².